The average Bonchev–Trinajstić information content (AvgIpc) is 2.38. The average molecular weight is 400 g/mol. The van der Waals surface area contributed by atoms with Crippen LogP contribution in [-0.2, 0) is 10.0 Å². The first kappa shape index (κ1) is 25.5. The predicted molar refractivity (Wildman–Crippen MR) is 67.5 cm³/mol. The maximum absolute atomic E-state index is 12.3. The van der Waals surface area contributed by atoms with Gasteiger partial charge in [-0.15, -0.1) is 0 Å². The molecule has 0 aromatic heterocycles. The first-order valence-corrected chi connectivity index (χ1v) is 7.84. The minimum Gasteiger partial charge on any atom is -0.304 e. The van der Waals surface area contributed by atoms with Gasteiger partial charge in [0.2, 0.25) is 0 Å². The highest BCUT2D eigenvalue weighted by atomic mass is 32.2. The van der Waals surface area contributed by atoms with E-state index in [4.69, 9.17) is 0 Å². The van der Waals surface area contributed by atoms with E-state index < -0.39 is 33.3 Å². The molecule has 0 amide bonds. The van der Waals surface area contributed by atoms with E-state index in [0.717, 1.165) is 0 Å². The van der Waals surface area contributed by atoms with Gasteiger partial charge < -0.3 is 4.90 Å². The number of alkyl halides is 9. The molecular formula is C10H17F9N2O2S. The molecular weight excluding hydrogens is 383 g/mol. The lowest BCUT2D eigenvalue weighted by Gasteiger charge is -2.32. The molecule has 0 saturated carbocycles. The lowest BCUT2D eigenvalue weighted by Crippen LogP contribution is -2.64. The summed E-state index contributed by atoms with van der Waals surface area (Å²) in [6.07, 6.45) is -7.08. The summed E-state index contributed by atoms with van der Waals surface area (Å²) in [6, 6.07) is 0. The molecule has 0 aromatic rings. The summed E-state index contributed by atoms with van der Waals surface area (Å²) >= 11 is 0. The van der Waals surface area contributed by atoms with Crippen LogP contribution in [0.2, 0.25) is 0 Å². The third kappa shape index (κ3) is 5.12. The Kier molecular flexibility index (Phi) is 8.58. The second-order valence-corrected chi connectivity index (χ2v) is 5.93. The SMILES string of the molecule is CCN(CC)CC.NS(=O)(=O)C(F)(F)C(F)(F)C(F)(F)C(F)(F)F. The Hall–Kier alpha value is -0.760. The molecule has 0 aliphatic rings. The van der Waals surface area contributed by atoms with Crippen LogP contribution in [0.5, 0.6) is 0 Å². The number of primary sulfonamides is 1. The molecule has 0 unspecified atom stereocenters. The van der Waals surface area contributed by atoms with E-state index in [1.165, 1.54) is 19.6 Å². The van der Waals surface area contributed by atoms with E-state index in [0.29, 0.717) is 0 Å². The maximum atomic E-state index is 12.3. The van der Waals surface area contributed by atoms with Gasteiger partial charge in [-0.25, -0.2) is 13.6 Å². The molecule has 14 heteroatoms. The lowest BCUT2D eigenvalue weighted by atomic mass is 10.1. The zero-order valence-corrected chi connectivity index (χ0v) is 13.6. The van der Waals surface area contributed by atoms with Crippen molar-refractivity contribution in [2.24, 2.45) is 5.14 Å². The fourth-order valence-electron chi connectivity index (χ4n) is 1.21. The van der Waals surface area contributed by atoms with Gasteiger partial charge in [-0.2, -0.15) is 39.5 Å². The third-order valence-corrected chi connectivity index (χ3v) is 3.79. The number of nitrogens with zero attached hydrogens (tertiary/aromatic N) is 1. The summed E-state index contributed by atoms with van der Waals surface area (Å²) in [5.74, 6) is -14.5. The van der Waals surface area contributed by atoms with Crippen LogP contribution in [0, 0.1) is 0 Å². The molecule has 0 fully saturated rings. The highest BCUT2D eigenvalue weighted by Crippen LogP contribution is 2.54. The summed E-state index contributed by atoms with van der Waals surface area (Å²) in [5.41, 5.74) is 0. The molecule has 0 bridgehead atoms. The Labute approximate surface area is 132 Å². The molecule has 4 nitrogen and oxygen atoms in total. The normalized spacial score (nSPS) is 14.4. The zero-order chi connectivity index (χ0) is 20.2. The second-order valence-electron chi connectivity index (χ2n) is 4.33. The standard InChI is InChI=1S/C6H15N.C4H2F9NO2S/c1-4-7(5-2)6-3;5-1(6,3(9,10)11)2(7,8)4(12,13)17(14,15)16/h4-6H2,1-3H3;(H2,14,15,16). The quantitative estimate of drug-likeness (QED) is 0.698. The highest BCUT2D eigenvalue weighted by molar-refractivity contribution is 7.90. The number of nitrogens with two attached hydrogens (primary N) is 1. The maximum Gasteiger partial charge on any atom is 0.460 e. The third-order valence-electron chi connectivity index (χ3n) is 2.81. The van der Waals surface area contributed by atoms with E-state index >= 15 is 0 Å². The first-order chi connectivity index (χ1) is 10.3. The number of rotatable bonds is 6. The summed E-state index contributed by atoms with van der Waals surface area (Å²) in [4.78, 5) is 2.38. The fourth-order valence-corrected chi connectivity index (χ4v) is 1.70. The van der Waals surface area contributed by atoms with Gasteiger partial charge in [-0.05, 0) is 19.6 Å². The minimum atomic E-state index is -7.27. The predicted octanol–water partition coefficient (Wildman–Crippen LogP) is 3.05. The fraction of sp³-hybridized carbons (Fsp3) is 1.00. The highest BCUT2D eigenvalue weighted by Gasteiger charge is 2.85. The molecule has 0 atom stereocenters. The summed E-state index contributed by atoms with van der Waals surface area (Å²) in [7, 11) is -6.67. The van der Waals surface area contributed by atoms with Crippen molar-refractivity contribution in [3.8, 4) is 0 Å². The molecule has 0 heterocycles. The lowest BCUT2D eigenvalue weighted by molar-refractivity contribution is -0.382. The zero-order valence-electron chi connectivity index (χ0n) is 12.8. The Morgan fingerprint density at radius 1 is 0.750 bits per heavy atom. The van der Waals surface area contributed by atoms with Crippen molar-refractivity contribution in [3.63, 3.8) is 0 Å². The molecule has 24 heavy (non-hydrogen) atoms. The van der Waals surface area contributed by atoms with Gasteiger partial charge in [0.25, 0.3) is 10.0 Å². The number of hydrogen-bond donors (Lipinski definition) is 1. The summed E-state index contributed by atoms with van der Waals surface area (Å²) in [5, 5.41) is -3.30. The Bertz CT molecular complexity index is 482. The van der Waals surface area contributed by atoms with E-state index in [9.17, 15) is 47.9 Å². The number of halogens is 9. The van der Waals surface area contributed by atoms with Crippen molar-refractivity contribution < 1.29 is 47.9 Å². The van der Waals surface area contributed by atoms with E-state index in [2.05, 4.69) is 30.8 Å². The van der Waals surface area contributed by atoms with Crippen LogP contribution >= 0.6 is 0 Å². The molecule has 0 saturated heterocycles. The molecule has 0 aliphatic heterocycles. The van der Waals surface area contributed by atoms with Crippen molar-refractivity contribution in [1.82, 2.24) is 4.90 Å². The van der Waals surface area contributed by atoms with Gasteiger partial charge in [0.1, 0.15) is 0 Å². The van der Waals surface area contributed by atoms with Crippen LogP contribution in [0.3, 0.4) is 0 Å². The summed E-state index contributed by atoms with van der Waals surface area (Å²) in [6.45, 7) is 10.1. The molecule has 0 spiro atoms. The van der Waals surface area contributed by atoms with E-state index in [-0.39, 0.29) is 0 Å². The minimum absolute atomic E-state index is 1.19. The number of hydrogen-bond acceptors (Lipinski definition) is 3. The van der Waals surface area contributed by atoms with Crippen molar-refractivity contribution >= 4 is 10.0 Å². The van der Waals surface area contributed by atoms with Crippen LogP contribution in [0.15, 0.2) is 0 Å². The van der Waals surface area contributed by atoms with E-state index in [1.54, 1.807) is 0 Å². The topological polar surface area (TPSA) is 63.4 Å². The molecule has 0 aliphatic carbocycles. The largest absolute Gasteiger partial charge is 0.460 e. The Morgan fingerprint density at radius 2 is 1.04 bits per heavy atom. The van der Waals surface area contributed by atoms with Gasteiger partial charge in [-0.3, -0.25) is 0 Å². The molecule has 2 N–H and O–H groups in total. The molecule has 0 rings (SSSR count). The second kappa shape index (κ2) is 8.08. The first-order valence-electron chi connectivity index (χ1n) is 6.29. The molecule has 148 valence electrons. The van der Waals surface area contributed by atoms with Crippen molar-refractivity contribution in [3.05, 3.63) is 0 Å². The van der Waals surface area contributed by atoms with Crippen LogP contribution in [-0.4, -0.2) is 56.2 Å². The monoisotopic (exact) mass is 400 g/mol. The molecule has 0 aromatic carbocycles. The van der Waals surface area contributed by atoms with Gasteiger partial charge in [0.15, 0.2) is 0 Å². The van der Waals surface area contributed by atoms with Crippen molar-refractivity contribution in [2.75, 3.05) is 19.6 Å². The van der Waals surface area contributed by atoms with Crippen LogP contribution in [0.4, 0.5) is 39.5 Å². The van der Waals surface area contributed by atoms with Gasteiger partial charge in [0, 0.05) is 0 Å². The van der Waals surface area contributed by atoms with Crippen molar-refractivity contribution in [1.29, 1.82) is 0 Å². The number of sulfonamides is 1. The van der Waals surface area contributed by atoms with Crippen LogP contribution in [0.1, 0.15) is 20.8 Å². The van der Waals surface area contributed by atoms with Gasteiger partial charge >= 0.3 is 23.3 Å². The smallest absolute Gasteiger partial charge is 0.304 e. The van der Waals surface area contributed by atoms with Gasteiger partial charge in [-0.1, -0.05) is 20.8 Å². The Balaban J connectivity index is 0. The van der Waals surface area contributed by atoms with Crippen LogP contribution < -0.4 is 5.14 Å². The summed E-state index contributed by atoms with van der Waals surface area (Å²) < 4.78 is 127. The van der Waals surface area contributed by atoms with Crippen LogP contribution in [0.25, 0.3) is 0 Å². The van der Waals surface area contributed by atoms with Crippen molar-refractivity contribution in [2.45, 2.75) is 44.0 Å². The Morgan fingerprint density at radius 3 is 1.17 bits per heavy atom. The van der Waals surface area contributed by atoms with E-state index in [1.807, 2.05) is 0 Å². The van der Waals surface area contributed by atoms with Gasteiger partial charge in [0.05, 0.1) is 0 Å². The molecule has 0 radical (unpaired) electrons.